The monoisotopic (exact) mass is 271 g/mol. The van der Waals surface area contributed by atoms with Crippen LogP contribution in [0.1, 0.15) is 24.8 Å². The third-order valence-corrected chi connectivity index (χ3v) is 4.11. The van der Waals surface area contributed by atoms with Gasteiger partial charge in [0.15, 0.2) is 0 Å². The molecule has 100 valence electrons. The fourth-order valence-corrected chi connectivity index (χ4v) is 2.84. The first-order chi connectivity index (χ1) is 8.72. The summed E-state index contributed by atoms with van der Waals surface area (Å²) in [6, 6.07) is 4.69. The van der Waals surface area contributed by atoms with Gasteiger partial charge in [0, 0.05) is 10.6 Å². The summed E-state index contributed by atoms with van der Waals surface area (Å²) in [5.74, 6) is 0.769. The van der Waals surface area contributed by atoms with Crippen molar-refractivity contribution in [2.24, 2.45) is 17.6 Å². The predicted octanol–water partition coefficient (Wildman–Crippen LogP) is 3.37. The maximum Gasteiger partial charge on any atom is 0.130 e. The molecule has 1 aliphatic carbocycles. The molecule has 2 nitrogen and oxygen atoms in total. The van der Waals surface area contributed by atoms with Crippen LogP contribution in [-0.2, 0) is 11.3 Å². The second kappa shape index (κ2) is 6.50. The number of halogens is 2. The van der Waals surface area contributed by atoms with Gasteiger partial charge in [0.2, 0.25) is 0 Å². The van der Waals surface area contributed by atoms with Gasteiger partial charge in [0.25, 0.3) is 0 Å². The van der Waals surface area contributed by atoms with E-state index in [1.165, 1.54) is 18.9 Å². The Bertz CT molecular complexity index is 379. The van der Waals surface area contributed by atoms with Gasteiger partial charge in [-0.2, -0.15) is 0 Å². The number of rotatable bonds is 5. The smallest absolute Gasteiger partial charge is 0.130 e. The van der Waals surface area contributed by atoms with Crippen molar-refractivity contribution >= 4 is 11.6 Å². The number of hydrogen-bond donors (Lipinski definition) is 1. The maximum atomic E-state index is 13.5. The number of benzene rings is 1. The molecule has 0 spiro atoms. The molecule has 1 aromatic carbocycles. The largest absolute Gasteiger partial charge is 0.376 e. The summed E-state index contributed by atoms with van der Waals surface area (Å²) in [7, 11) is 0. The highest BCUT2D eigenvalue weighted by atomic mass is 35.5. The lowest BCUT2D eigenvalue weighted by molar-refractivity contribution is 0.0737. The van der Waals surface area contributed by atoms with Gasteiger partial charge in [-0.1, -0.05) is 24.1 Å². The Morgan fingerprint density at radius 2 is 2.11 bits per heavy atom. The summed E-state index contributed by atoms with van der Waals surface area (Å²) in [6.45, 7) is 1.60. The van der Waals surface area contributed by atoms with E-state index in [0.717, 1.165) is 6.42 Å². The molecule has 0 aromatic heterocycles. The van der Waals surface area contributed by atoms with Gasteiger partial charge in [-0.25, -0.2) is 4.39 Å². The van der Waals surface area contributed by atoms with E-state index in [9.17, 15) is 4.39 Å². The first-order valence-corrected chi connectivity index (χ1v) is 6.81. The second-order valence-electron chi connectivity index (χ2n) is 4.90. The predicted molar refractivity (Wildman–Crippen MR) is 71.0 cm³/mol. The molecule has 2 atom stereocenters. The highest BCUT2D eigenvalue weighted by Gasteiger charge is 2.26. The van der Waals surface area contributed by atoms with Crippen molar-refractivity contribution in [3.05, 3.63) is 34.6 Å². The minimum absolute atomic E-state index is 0.235. The molecular weight excluding hydrogens is 253 g/mol. The van der Waals surface area contributed by atoms with E-state index in [0.29, 0.717) is 35.6 Å². The van der Waals surface area contributed by atoms with Crippen LogP contribution in [0.3, 0.4) is 0 Å². The molecule has 0 heterocycles. The Kier molecular flexibility index (Phi) is 4.98. The number of nitrogens with two attached hydrogens (primary N) is 1. The summed E-state index contributed by atoms with van der Waals surface area (Å²) in [4.78, 5) is 0. The topological polar surface area (TPSA) is 35.2 Å². The molecule has 0 aliphatic heterocycles. The maximum absolute atomic E-state index is 13.5. The van der Waals surface area contributed by atoms with Crippen LogP contribution >= 0.6 is 11.6 Å². The Hall–Kier alpha value is -0.640. The van der Waals surface area contributed by atoms with Crippen molar-refractivity contribution in [2.75, 3.05) is 13.2 Å². The fourth-order valence-electron chi connectivity index (χ4n) is 2.63. The molecule has 0 saturated heterocycles. The number of hydrogen-bond acceptors (Lipinski definition) is 2. The average Bonchev–Trinajstić information content (AvgIpc) is 2.80. The molecule has 2 N–H and O–H groups in total. The van der Waals surface area contributed by atoms with Crippen LogP contribution in [-0.4, -0.2) is 13.2 Å². The van der Waals surface area contributed by atoms with E-state index in [-0.39, 0.29) is 12.4 Å². The zero-order chi connectivity index (χ0) is 13.0. The van der Waals surface area contributed by atoms with Crippen molar-refractivity contribution in [3.8, 4) is 0 Å². The van der Waals surface area contributed by atoms with Gasteiger partial charge in [-0.3, -0.25) is 0 Å². The van der Waals surface area contributed by atoms with Crippen LogP contribution < -0.4 is 5.73 Å². The fraction of sp³-hybridized carbons (Fsp3) is 0.571. The van der Waals surface area contributed by atoms with Crippen LogP contribution in [0.5, 0.6) is 0 Å². The highest BCUT2D eigenvalue weighted by molar-refractivity contribution is 6.31. The lowest BCUT2D eigenvalue weighted by atomic mass is 9.97. The third-order valence-electron chi connectivity index (χ3n) is 3.76. The van der Waals surface area contributed by atoms with Gasteiger partial charge in [0.1, 0.15) is 5.82 Å². The van der Waals surface area contributed by atoms with Crippen molar-refractivity contribution in [2.45, 2.75) is 25.9 Å². The van der Waals surface area contributed by atoms with Gasteiger partial charge in [-0.05, 0) is 43.4 Å². The lowest BCUT2D eigenvalue weighted by Gasteiger charge is -2.18. The molecular formula is C14H19ClFNO. The SMILES string of the molecule is NCC1CCCC1COCc1c(F)cccc1Cl. The zero-order valence-corrected chi connectivity index (χ0v) is 11.1. The summed E-state index contributed by atoms with van der Waals surface area (Å²) >= 11 is 5.94. The van der Waals surface area contributed by atoms with Gasteiger partial charge in [-0.15, -0.1) is 0 Å². The molecule has 0 amide bonds. The first-order valence-electron chi connectivity index (χ1n) is 6.43. The molecule has 1 saturated carbocycles. The van der Waals surface area contributed by atoms with Crippen LogP contribution in [0.25, 0.3) is 0 Å². The minimum atomic E-state index is -0.302. The van der Waals surface area contributed by atoms with E-state index < -0.39 is 0 Å². The van der Waals surface area contributed by atoms with Crippen molar-refractivity contribution < 1.29 is 9.13 Å². The third kappa shape index (κ3) is 3.22. The Morgan fingerprint density at radius 3 is 2.83 bits per heavy atom. The van der Waals surface area contributed by atoms with Gasteiger partial charge < -0.3 is 10.5 Å². The average molecular weight is 272 g/mol. The molecule has 4 heteroatoms. The molecule has 18 heavy (non-hydrogen) atoms. The Labute approximate surface area is 112 Å². The summed E-state index contributed by atoms with van der Waals surface area (Å²) in [6.07, 6.45) is 3.56. The summed E-state index contributed by atoms with van der Waals surface area (Å²) in [5.41, 5.74) is 6.16. The normalized spacial score (nSPS) is 23.5. The molecule has 1 fully saturated rings. The quantitative estimate of drug-likeness (QED) is 0.891. The minimum Gasteiger partial charge on any atom is -0.376 e. The van der Waals surface area contributed by atoms with E-state index >= 15 is 0 Å². The van der Waals surface area contributed by atoms with Crippen LogP contribution in [0, 0.1) is 17.7 Å². The van der Waals surface area contributed by atoms with Crippen LogP contribution in [0.15, 0.2) is 18.2 Å². The molecule has 0 radical (unpaired) electrons. The van der Waals surface area contributed by atoms with Crippen molar-refractivity contribution in [1.82, 2.24) is 0 Å². The lowest BCUT2D eigenvalue weighted by Crippen LogP contribution is -2.22. The molecule has 2 rings (SSSR count). The van der Waals surface area contributed by atoms with E-state index in [4.69, 9.17) is 22.1 Å². The van der Waals surface area contributed by atoms with Gasteiger partial charge in [0.05, 0.1) is 13.2 Å². The second-order valence-corrected chi connectivity index (χ2v) is 5.31. The summed E-state index contributed by atoms with van der Waals surface area (Å²) in [5, 5.41) is 0.428. The van der Waals surface area contributed by atoms with Gasteiger partial charge >= 0.3 is 0 Å². The zero-order valence-electron chi connectivity index (χ0n) is 10.4. The molecule has 1 aromatic rings. The molecule has 0 bridgehead atoms. The van der Waals surface area contributed by atoms with E-state index in [1.807, 2.05) is 0 Å². The molecule has 2 unspecified atom stereocenters. The summed E-state index contributed by atoms with van der Waals surface area (Å²) < 4.78 is 19.1. The van der Waals surface area contributed by atoms with E-state index in [2.05, 4.69) is 0 Å². The van der Waals surface area contributed by atoms with E-state index in [1.54, 1.807) is 12.1 Å². The number of ether oxygens (including phenoxy) is 1. The molecule has 1 aliphatic rings. The van der Waals surface area contributed by atoms with Crippen molar-refractivity contribution in [3.63, 3.8) is 0 Å². The Balaban J connectivity index is 1.85. The highest BCUT2D eigenvalue weighted by Crippen LogP contribution is 2.31. The first kappa shape index (κ1) is 13.8. The van der Waals surface area contributed by atoms with Crippen LogP contribution in [0.2, 0.25) is 5.02 Å². The Morgan fingerprint density at radius 1 is 1.33 bits per heavy atom. The standard InChI is InChI=1S/C14H19ClFNO/c15-13-5-2-6-14(16)12(13)9-18-8-11-4-1-3-10(11)7-17/h2,5-6,10-11H,1,3-4,7-9,17H2. The van der Waals surface area contributed by atoms with Crippen LogP contribution in [0.4, 0.5) is 4.39 Å². The van der Waals surface area contributed by atoms with Crippen molar-refractivity contribution in [1.29, 1.82) is 0 Å².